The maximum Gasteiger partial charge on any atom is 0.164 e. The summed E-state index contributed by atoms with van der Waals surface area (Å²) in [5.41, 5.74) is 0. The van der Waals surface area contributed by atoms with E-state index in [-0.39, 0.29) is 0 Å². The standard InChI is InChI=1S/C4H3O/c1-3-4(2)5/h3H,1H2. The molecule has 0 heterocycles. The van der Waals surface area contributed by atoms with Gasteiger partial charge in [-0.15, -0.1) is 0 Å². The second-order valence-corrected chi connectivity index (χ2v) is 0.568. The van der Waals surface area contributed by atoms with E-state index in [1.807, 2.05) is 0 Å². The Balaban J connectivity index is 3.20. The quantitative estimate of drug-likeness (QED) is 0.404. The van der Waals surface area contributed by atoms with Gasteiger partial charge in [0.25, 0.3) is 0 Å². The molecular weight excluding hydrogens is 64.0 g/mol. The van der Waals surface area contributed by atoms with Crippen LogP contribution in [0.2, 0.25) is 0 Å². The molecule has 0 rings (SSSR count). The number of rotatable bonds is 1. The summed E-state index contributed by atoms with van der Waals surface area (Å²) in [4.78, 5) is 9.36. The summed E-state index contributed by atoms with van der Waals surface area (Å²) >= 11 is 0. The lowest BCUT2D eigenvalue weighted by atomic mass is 10.5. The maximum absolute atomic E-state index is 9.36. The highest BCUT2D eigenvalue weighted by atomic mass is 16.1. The van der Waals surface area contributed by atoms with E-state index in [2.05, 4.69) is 6.58 Å². The van der Waals surface area contributed by atoms with Crippen LogP contribution in [0.3, 0.4) is 0 Å². The van der Waals surface area contributed by atoms with Gasteiger partial charge in [-0.1, -0.05) is 6.58 Å². The number of ketones is 1. The molecule has 0 aliphatic rings. The fraction of sp³-hybridized carbons (Fsp3) is 0. The Morgan fingerprint density at radius 1 is 2.00 bits per heavy atom. The van der Waals surface area contributed by atoms with E-state index >= 15 is 0 Å². The molecule has 0 aliphatic heterocycles. The summed E-state index contributed by atoms with van der Waals surface area (Å²) in [6, 6.07) is 0. The highest BCUT2D eigenvalue weighted by Crippen LogP contribution is 1.59. The Morgan fingerprint density at radius 2 is 2.20 bits per heavy atom. The Labute approximate surface area is 31.3 Å². The first-order valence-electron chi connectivity index (χ1n) is 1.15. The molecule has 0 fully saturated rings. The number of hydrogen-bond acceptors (Lipinski definition) is 1. The largest absolute Gasteiger partial charge is 0.294 e. The van der Waals surface area contributed by atoms with Gasteiger partial charge in [0.2, 0.25) is 0 Å². The van der Waals surface area contributed by atoms with Gasteiger partial charge in [-0.05, 0) is 6.08 Å². The number of carbonyl (C=O) groups excluding carboxylic acids is 1. The van der Waals surface area contributed by atoms with Gasteiger partial charge < -0.3 is 0 Å². The van der Waals surface area contributed by atoms with Crippen LogP contribution in [0.25, 0.3) is 0 Å². The molecule has 0 saturated heterocycles. The third-order valence-corrected chi connectivity index (χ3v) is 0.185. The van der Waals surface area contributed by atoms with Crippen LogP contribution in [0.4, 0.5) is 0 Å². The fourth-order valence-electron chi connectivity index (χ4n) is 0. The van der Waals surface area contributed by atoms with Gasteiger partial charge in [-0.2, -0.15) is 0 Å². The minimum absolute atomic E-state index is 0.731. The van der Waals surface area contributed by atoms with Crippen molar-refractivity contribution in [2.24, 2.45) is 0 Å². The third kappa shape index (κ3) is 3.41. The summed E-state index contributed by atoms with van der Waals surface area (Å²) in [5.74, 6) is -0.731. The van der Waals surface area contributed by atoms with Crippen LogP contribution in [0.1, 0.15) is 0 Å². The van der Waals surface area contributed by atoms with E-state index in [1.165, 1.54) is 0 Å². The van der Waals surface area contributed by atoms with Crippen molar-refractivity contribution in [1.82, 2.24) is 0 Å². The average Bonchev–Trinajstić information content (AvgIpc) is 1.38. The van der Waals surface area contributed by atoms with Crippen LogP contribution in [-0.2, 0) is 4.79 Å². The summed E-state index contributed by atoms with van der Waals surface area (Å²) in [7, 11) is 0. The summed E-state index contributed by atoms with van der Waals surface area (Å²) in [5, 5.41) is 0. The lowest BCUT2D eigenvalue weighted by Gasteiger charge is -1.61. The van der Waals surface area contributed by atoms with Crippen molar-refractivity contribution in [1.29, 1.82) is 0 Å². The van der Waals surface area contributed by atoms with E-state index in [0.717, 1.165) is 6.08 Å². The van der Waals surface area contributed by atoms with Crippen molar-refractivity contribution in [3.05, 3.63) is 19.6 Å². The van der Waals surface area contributed by atoms with Crippen LogP contribution < -0.4 is 0 Å². The maximum atomic E-state index is 9.36. The van der Waals surface area contributed by atoms with Crippen LogP contribution in [0.5, 0.6) is 0 Å². The third-order valence-electron chi connectivity index (χ3n) is 0.185. The van der Waals surface area contributed by atoms with E-state index in [0.29, 0.717) is 0 Å². The Morgan fingerprint density at radius 3 is 2.20 bits per heavy atom. The van der Waals surface area contributed by atoms with Crippen molar-refractivity contribution >= 4 is 5.78 Å². The van der Waals surface area contributed by atoms with Crippen molar-refractivity contribution < 1.29 is 4.79 Å². The van der Waals surface area contributed by atoms with Gasteiger partial charge in [-0.25, -0.2) is 0 Å². The highest BCUT2D eigenvalue weighted by molar-refractivity contribution is 5.92. The Kier molecular flexibility index (Phi) is 1.50. The lowest BCUT2D eigenvalue weighted by Crippen LogP contribution is -1.75. The minimum Gasteiger partial charge on any atom is -0.294 e. The van der Waals surface area contributed by atoms with E-state index in [1.54, 1.807) is 0 Å². The smallest absolute Gasteiger partial charge is 0.164 e. The Bertz CT molecular complexity index is 54.7. The topological polar surface area (TPSA) is 17.1 Å². The van der Waals surface area contributed by atoms with E-state index in [9.17, 15) is 4.79 Å². The number of carbonyl (C=O) groups is 1. The lowest BCUT2D eigenvalue weighted by molar-refractivity contribution is -0.110. The molecule has 0 amide bonds. The molecule has 0 atom stereocenters. The zero-order valence-electron chi connectivity index (χ0n) is 2.69. The molecule has 25 valence electrons. The second-order valence-electron chi connectivity index (χ2n) is 0.568. The fourth-order valence-corrected chi connectivity index (χ4v) is 0. The van der Waals surface area contributed by atoms with Crippen molar-refractivity contribution in [3.8, 4) is 0 Å². The van der Waals surface area contributed by atoms with Gasteiger partial charge >= 0.3 is 0 Å². The molecule has 0 aromatic rings. The van der Waals surface area contributed by atoms with E-state index in [4.69, 9.17) is 6.92 Å². The van der Waals surface area contributed by atoms with Gasteiger partial charge in [0.1, 0.15) is 0 Å². The molecule has 0 unspecified atom stereocenters. The van der Waals surface area contributed by atoms with Crippen LogP contribution in [0, 0.1) is 6.92 Å². The first kappa shape index (κ1) is 4.41. The molecule has 0 N–H and O–H groups in total. The molecule has 3 radical (unpaired) electrons. The minimum atomic E-state index is -0.731. The zero-order chi connectivity index (χ0) is 4.28. The summed E-state index contributed by atoms with van der Waals surface area (Å²) in [6.45, 7) is 9.09. The highest BCUT2D eigenvalue weighted by Gasteiger charge is 1.71. The summed E-state index contributed by atoms with van der Waals surface area (Å²) < 4.78 is 0. The van der Waals surface area contributed by atoms with Gasteiger partial charge in [-0.3, -0.25) is 4.79 Å². The molecule has 0 saturated carbocycles. The molecule has 0 aliphatic carbocycles. The Hall–Kier alpha value is -0.590. The van der Waals surface area contributed by atoms with Crippen molar-refractivity contribution in [2.75, 3.05) is 0 Å². The van der Waals surface area contributed by atoms with Gasteiger partial charge in [0, 0.05) is 0 Å². The molecular formula is C4H3O. The van der Waals surface area contributed by atoms with Crippen LogP contribution in [-0.4, -0.2) is 5.78 Å². The van der Waals surface area contributed by atoms with Gasteiger partial charge in [0.05, 0.1) is 6.92 Å². The summed E-state index contributed by atoms with van der Waals surface area (Å²) in [6.07, 6.45) is 0.944. The van der Waals surface area contributed by atoms with Crippen molar-refractivity contribution in [3.63, 3.8) is 0 Å². The zero-order valence-corrected chi connectivity index (χ0v) is 2.69. The van der Waals surface area contributed by atoms with Gasteiger partial charge in [0.15, 0.2) is 5.78 Å². The normalized spacial score (nSPS) is 6.60. The second kappa shape index (κ2) is 1.70. The predicted molar refractivity (Wildman–Crippen MR) is 18.4 cm³/mol. The SMILES string of the molecule is [C]C(=O)C=C. The molecule has 0 spiro atoms. The van der Waals surface area contributed by atoms with E-state index < -0.39 is 5.78 Å². The molecule has 1 heteroatoms. The molecule has 0 aromatic carbocycles. The molecule has 1 nitrogen and oxygen atoms in total. The van der Waals surface area contributed by atoms with Crippen molar-refractivity contribution in [2.45, 2.75) is 0 Å². The first-order chi connectivity index (χ1) is 2.27. The molecule has 5 heavy (non-hydrogen) atoms. The number of hydrogen-bond donors (Lipinski definition) is 0. The van der Waals surface area contributed by atoms with Crippen LogP contribution in [0.15, 0.2) is 12.7 Å². The first-order valence-corrected chi connectivity index (χ1v) is 1.15. The molecule has 0 aromatic heterocycles. The predicted octanol–water partition coefficient (Wildman–Crippen LogP) is 0.330. The van der Waals surface area contributed by atoms with Crippen LogP contribution >= 0.6 is 0 Å². The number of allylic oxidation sites excluding steroid dienone is 1. The monoisotopic (exact) mass is 67.0 g/mol. The average molecular weight is 67.1 g/mol. The molecule has 0 bridgehead atoms.